The molecule has 0 aliphatic carbocycles. The van der Waals surface area contributed by atoms with Crippen LogP contribution < -0.4 is 0 Å². The molecule has 0 aromatic rings. The summed E-state index contributed by atoms with van der Waals surface area (Å²) in [5, 5.41) is 19.6. The van der Waals surface area contributed by atoms with E-state index in [-0.39, 0.29) is 5.97 Å². The van der Waals surface area contributed by atoms with Crippen LogP contribution in [0.5, 0.6) is 0 Å². The third-order valence-electron chi connectivity index (χ3n) is 3.70. The number of hydrogen-bond acceptors (Lipinski definition) is 4. The Morgan fingerprint density at radius 2 is 1.62 bits per heavy atom. The lowest BCUT2D eigenvalue weighted by Gasteiger charge is -2.04. The molecule has 2 atom stereocenters. The van der Waals surface area contributed by atoms with E-state index in [0.29, 0.717) is 32.3 Å². The van der Waals surface area contributed by atoms with Gasteiger partial charge < -0.3 is 14.9 Å². The van der Waals surface area contributed by atoms with E-state index in [0.717, 1.165) is 6.42 Å². The largest absolute Gasteiger partial charge is 0.466 e. The van der Waals surface area contributed by atoms with Crippen LogP contribution in [0.4, 0.5) is 0 Å². The number of rotatable bonds is 15. The molecule has 0 unspecified atom stereocenters. The summed E-state index contributed by atoms with van der Waals surface area (Å²) in [6, 6.07) is 0. The van der Waals surface area contributed by atoms with Crippen LogP contribution >= 0.6 is 0 Å². The number of carbonyl (C=O) groups is 1. The molecule has 148 valence electrons. The highest BCUT2D eigenvalue weighted by Gasteiger charge is 2.03. The van der Waals surface area contributed by atoms with Gasteiger partial charge in [-0.25, -0.2) is 0 Å². The summed E-state index contributed by atoms with van der Waals surface area (Å²) in [7, 11) is 0. The summed E-state index contributed by atoms with van der Waals surface area (Å²) < 4.78 is 4.83. The predicted molar refractivity (Wildman–Crippen MR) is 108 cm³/mol. The average Bonchev–Trinajstić information content (AvgIpc) is 2.61. The van der Waals surface area contributed by atoms with Crippen molar-refractivity contribution in [2.45, 2.75) is 77.4 Å². The third kappa shape index (κ3) is 17.2. The molecule has 26 heavy (non-hydrogen) atoms. The molecule has 0 fully saturated rings. The second-order valence-corrected chi connectivity index (χ2v) is 6.19. The second kappa shape index (κ2) is 18.2. The zero-order valence-corrected chi connectivity index (χ0v) is 16.3. The minimum atomic E-state index is -0.568. The van der Waals surface area contributed by atoms with E-state index in [1.54, 1.807) is 37.3 Å². The Labute approximate surface area is 159 Å². The maximum absolute atomic E-state index is 11.2. The topological polar surface area (TPSA) is 66.8 Å². The van der Waals surface area contributed by atoms with Crippen LogP contribution in [0.3, 0.4) is 0 Å². The fourth-order valence-electron chi connectivity index (χ4n) is 2.24. The number of hydrogen-bond donors (Lipinski definition) is 2. The number of carbonyl (C=O) groups excluding carboxylic acids is 1. The van der Waals surface area contributed by atoms with Gasteiger partial charge in [0, 0.05) is 6.42 Å². The van der Waals surface area contributed by atoms with E-state index in [2.05, 4.69) is 13.0 Å². The lowest BCUT2D eigenvalue weighted by molar-refractivity contribution is -0.143. The Balaban J connectivity index is 3.83. The summed E-state index contributed by atoms with van der Waals surface area (Å²) in [6.07, 6.45) is 20.6. The van der Waals surface area contributed by atoms with Crippen LogP contribution in [0.1, 0.15) is 65.2 Å². The molecule has 0 spiro atoms. The molecule has 0 aliphatic heterocycles. The predicted octanol–water partition coefficient (Wildman–Crippen LogP) is 4.64. The van der Waals surface area contributed by atoms with Gasteiger partial charge in [0.2, 0.25) is 0 Å². The molecule has 0 amide bonds. The van der Waals surface area contributed by atoms with Crippen molar-refractivity contribution >= 4 is 5.97 Å². The fraction of sp³-hybridized carbons (Fsp3) is 0.591. The Morgan fingerprint density at radius 3 is 2.27 bits per heavy atom. The highest BCUT2D eigenvalue weighted by molar-refractivity contribution is 5.69. The minimum absolute atomic E-state index is 0.219. The first kappa shape index (κ1) is 24.4. The molecule has 2 N–H and O–H groups in total. The quantitative estimate of drug-likeness (QED) is 0.192. The fourth-order valence-corrected chi connectivity index (χ4v) is 2.24. The normalized spacial score (nSPS) is 14.8. The Hall–Kier alpha value is -1.65. The number of aliphatic hydroxyl groups excluding tert-OH is 2. The van der Waals surface area contributed by atoms with Gasteiger partial charge in [0.05, 0.1) is 18.8 Å². The van der Waals surface area contributed by atoms with Gasteiger partial charge in [0.1, 0.15) is 0 Å². The van der Waals surface area contributed by atoms with Crippen molar-refractivity contribution in [3.8, 4) is 0 Å². The summed E-state index contributed by atoms with van der Waals surface area (Å²) >= 11 is 0. The van der Waals surface area contributed by atoms with E-state index < -0.39 is 12.2 Å². The van der Waals surface area contributed by atoms with E-state index in [1.165, 1.54) is 19.3 Å². The van der Waals surface area contributed by atoms with Crippen molar-refractivity contribution in [1.29, 1.82) is 0 Å². The van der Waals surface area contributed by atoms with Crippen LogP contribution in [0, 0.1) is 0 Å². The molecule has 0 bridgehead atoms. The van der Waals surface area contributed by atoms with Crippen molar-refractivity contribution < 1.29 is 19.7 Å². The maximum Gasteiger partial charge on any atom is 0.305 e. The monoisotopic (exact) mass is 364 g/mol. The molecular weight excluding hydrogens is 328 g/mol. The first-order valence-corrected chi connectivity index (χ1v) is 9.78. The highest BCUT2D eigenvalue weighted by atomic mass is 16.5. The lowest BCUT2D eigenvalue weighted by Crippen LogP contribution is -2.07. The molecular formula is C22H36O4. The maximum atomic E-state index is 11.2. The van der Waals surface area contributed by atoms with Gasteiger partial charge in [-0.2, -0.15) is 0 Å². The lowest BCUT2D eigenvalue weighted by atomic mass is 10.1. The number of ether oxygens (including phenoxy) is 1. The number of allylic oxidation sites excluding steroid dienone is 5. The SMILES string of the molecule is CCCCC/C=C\C[C@@H](O)/C=C/C=C/C=C\[C@@H](O)CCCC(=O)OCC. The molecule has 0 aromatic carbocycles. The standard InChI is InChI=1S/C22H36O4/c1-3-5-6-7-8-11-15-20(23)16-12-9-10-13-17-21(24)18-14-19-22(25)26-4-2/h8-13,16-17,20-21,23-24H,3-7,14-15,18-19H2,1-2H3/b10-9+,11-8-,16-12+,17-13-/t20-,21-/m1/s1. The molecule has 0 aliphatic rings. The Kier molecular flexibility index (Phi) is 17.0. The third-order valence-corrected chi connectivity index (χ3v) is 3.70. The first-order chi connectivity index (χ1) is 12.6. The highest BCUT2D eigenvalue weighted by Crippen LogP contribution is 2.04. The van der Waals surface area contributed by atoms with Gasteiger partial charge in [-0.05, 0) is 39.0 Å². The van der Waals surface area contributed by atoms with Crippen LogP contribution in [-0.4, -0.2) is 35.0 Å². The Morgan fingerprint density at radius 1 is 0.923 bits per heavy atom. The summed E-state index contributed by atoms with van der Waals surface area (Å²) in [6.45, 7) is 4.36. The molecule has 0 aromatic heterocycles. The van der Waals surface area contributed by atoms with Crippen molar-refractivity contribution in [3.63, 3.8) is 0 Å². The first-order valence-electron chi connectivity index (χ1n) is 9.78. The molecule has 0 radical (unpaired) electrons. The molecule has 4 nitrogen and oxygen atoms in total. The average molecular weight is 365 g/mol. The minimum Gasteiger partial charge on any atom is -0.466 e. The van der Waals surface area contributed by atoms with Gasteiger partial charge in [-0.15, -0.1) is 0 Å². The summed E-state index contributed by atoms with van der Waals surface area (Å²) in [5.41, 5.74) is 0. The second-order valence-electron chi connectivity index (χ2n) is 6.19. The van der Waals surface area contributed by atoms with Crippen LogP contribution in [0.15, 0.2) is 48.6 Å². The smallest absolute Gasteiger partial charge is 0.305 e. The zero-order valence-electron chi connectivity index (χ0n) is 16.3. The van der Waals surface area contributed by atoms with Crippen molar-refractivity contribution in [1.82, 2.24) is 0 Å². The zero-order chi connectivity index (χ0) is 19.5. The van der Waals surface area contributed by atoms with Crippen LogP contribution in [0.25, 0.3) is 0 Å². The van der Waals surface area contributed by atoms with E-state index in [1.807, 2.05) is 12.2 Å². The van der Waals surface area contributed by atoms with Gasteiger partial charge in [0.15, 0.2) is 0 Å². The van der Waals surface area contributed by atoms with Crippen LogP contribution in [0.2, 0.25) is 0 Å². The van der Waals surface area contributed by atoms with Gasteiger partial charge in [-0.1, -0.05) is 68.4 Å². The van der Waals surface area contributed by atoms with Gasteiger partial charge in [0.25, 0.3) is 0 Å². The van der Waals surface area contributed by atoms with E-state index in [4.69, 9.17) is 4.74 Å². The summed E-state index contributed by atoms with van der Waals surface area (Å²) in [5.74, 6) is -0.219. The number of unbranched alkanes of at least 4 members (excludes halogenated alkanes) is 3. The van der Waals surface area contributed by atoms with Crippen molar-refractivity contribution in [2.24, 2.45) is 0 Å². The van der Waals surface area contributed by atoms with Gasteiger partial charge >= 0.3 is 5.97 Å². The molecule has 0 saturated heterocycles. The summed E-state index contributed by atoms with van der Waals surface area (Å²) in [4.78, 5) is 11.2. The van der Waals surface area contributed by atoms with E-state index >= 15 is 0 Å². The number of aliphatic hydroxyl groups is 2. The number of esters is 1. The van der Waals surface area contributed by atoms with Crippen molar-refractivity contribution in [2.75, 3.05) is 6.61 Å². The molecule has 0 rings (SSSR count). The van der Waals surface area contributed by atoms with E-state index in [9.17, 15) is 15.0 Å². The van der Waals surface area contributed by atoms with Crippen LogP contribution in [-0.2, 0) is 9.53 Å². The molecule has 4 heteroatoms. The Bertz CT molecular complexity index is 449. The molecule has 0 saturated carbocycles. The van der Waals surface area contributed by atoms with Crippen molar-refractivity contribution in [3.05, 3.63) is 48.6 Å². The molecule has 0 heterocycles. The van der Waals surface area contributed by atoms with Gasteiger partial charge in [-0.3, -0.25) is 4.79 Å².